The number of anilines is 2. The fourth-order valence-electron chi connectivity index (χ4n) is 6.29. The minimum Gasteiger partial charge on any atom is -0.475 e. The Bertz CT molecular complexity index is 1840. The Morgan fingerprint density at radius 2 is 1.76 bits per heavy atom. The van der Waals surface area contributed by atoms with Crippen LogP contribution >= 0.6 is 0 Å². The summed E-state index contributed by atoms with van der Waals surface area (Å²) in [7, 11) is 1.75. The number of ketones is 1. The number of aromatic amines is 1. The molecule has 1 amide bonds. The van der Waals surface area contributed by atoms with Crippen molar-refractivity contribution in [3.8, 4) is 28.5 Å². The molecule has 50 heavy (non-hydrogen) atoms. The molecule has 13 heteroatoms. The summed E-state index contributed by atoms with van der Waals surface area (Å²) >= 11 is 0. The number of nitrogens with one attached hydrogen (secondary N) is 2. The van der Waals surface area contributed by atoms with Crippen LogP contribution < -0.4 is 15.0 Å². The van der Waals surface area contributed by atoms with E-state index in [1.165, 1.54) is 0 Å². The summed E-state index contributed by atoms with van der Waals surface area (Å²) in [5, 5.41) is 10.9. The quantitative estimate of drug-likeness (QED) is 0.181. The van der Waals surface area contributed by atoms with Crippen molar-refractivity contribution in [1.29, 1.82) is 0 Å². The van der Waals surface area contributed by atoms with Crippen LogP contribution in [0.15, 0.2) is 73.3 Å². The van der Waals surface area contributed by atoms with Crippen molar-refractivity contribution in [3.63, 3.8) is 0 Å². The molecule has 6 heterocycles. The third-order valence-electron chi connectivity index (χ3n) is 8.94. The normalized spacial score (nSPS) is 16.6. The SMILES string of the molecule is CC(C)Oc1ccc(-c2n[nH]c3ccc(NC=O)cc23)cn1.CO[C@H]1CCN(CC(=O)C2CCN(c3ccc(-c4ncccn4)cn3)CC2)C1. The maximum Gasteiger partial charge on any atom is 0.213 e. The molecule has 7 rings (SSSR count). The minimum absolute atomic E-state index is 0.0848. The van der Waals surface area contributed by atoms with Crippen LogP contribution in [0.5, 0.6) is 5.88 Å². The highest BCUT2D eigenvalue weighted by atomic mass is 16.5. The molecule has 2 N–H and O–H groups in total. The summed E-state index contributed by atoms with van der Waals surface area (Å²) in [4.78, 5) is 45.1. The highest BCUT2D eigenvalue weighted by Gasteiger charge is 2.29. The van der Waals surface area contributed by atoms with Crippen LogP contribution in [-0.2, 0) is 14.3 Å². The molecule has 13 nitrogen and oxygen atoms in total. The first-order valence-corrected chi connectivity index (χ1v) is 17.0. The van der Waals surface area contributed by atoms with Crippen LogP contribution in [0.25, 0.3) is 33.5 Å². The van der Waals surface area contributed by atoms with Gasteiger partial charge in [-0.1, -0.05) is 0 Å². The van der Waals surface area contributed by atoms with E-state index >= 15 is 0 Å². The van der Waals surface area contributed by atoms with Crippen LogP contribution in [0.1, 0.15) is 33.1 Å². The predicted octanol–water partition coefficient (Wildman–Crippen LogP) is 5.03. The summed E-state index contributed by atoms with van der Waals surface area (Å²) in [5.41, 5.74) is 4.19. The van der Waals surface area contributed by atoms with Crippen molar-refractivity contribution in [1.82, 2.24) is 35.0 Å². The monoisotopic (exact) mass is 677 g/mol. The van der Waals surface area contributed by atoms with Gasteiger partial charge in [0.15, 0.2) is 5.82 Å². The van der Waals surface area contributed by atoms with Gasteiger partial charge in [-0.3, -0.25) is 19.6 Å². The zero-order chi connectivity index (χ0) is 34.9. The van der Waals surface area contributed by atoms with Gasteiger partial charge >= 0.3 is 0 Å². The van der Waals surface area contributed by atoms with E-state index in [0.29, 0.717) is 30.4 Å². The van der Waals surface area contributed by atoms with Crippen molar-refractivity contribution in [3.05, 3.63) is 73.3 Å². The molecular weight excluding hydrogens is 634 g/mol. The third-order valence-corrected chi connectivity index (χ3v) is 8.94. The number of benzene rings is 1. The van der Waals surface area contributed by atoms with Gasteiger partial charge in [0.25, 0.3) is 0 Å². The molecule has 2 fully saturated rings. The number of likely N-dealkylation sites (tertiary alicyclic amines) is 1. The molecular formula is C37H43N9O4. The maximum absolute atomic E-state index is 12.7. The number of fused-ring (bicyclic) bond motifs is 1. The third kappa shape index (κ3) is 8.65. The van der Waals surface area contributed by atoms with Gasteiger partial charge in [0.1, 0.15) is 17.3 Å². The number of nitrogens with zero attached hydrogens (tertiary/aromatic N) is 7. The van der Waals surface area contributed by atoms with Crippen LogP contribution in [0.2, 0.25) is 0 Å². The number of hydrogen-bond acceptors (Lipinski definition) is 11. The predicted molar refractivity (Wildman–Crippen MR) is 192 cm³/mol. The lowest BCUT2D eigenvalue weighted by Crippen LogP contribution is -2.40. The van der Waals surface area contributed by atoms with E-state index in [4.69, 9.17) is 9.47 Å². The van der Waals surface area contributed by atoms with Crippen molar-refractivity contribution in [2.24, 2.45) is 5.92 Å². The number of rotatable bonds is 11. The number of pyridine rings is 2. The summed E-state index contributed by atoms with van der Waals surface area (Å²) in [5.74, 6) is 2.76. The van der Waals surface area contributed by atoms with Gasteiger partial charge in [0.2, 0.25) is 12.3 Å². The standard InChI is InChI=1S/C21H27N5O2.C16H16N4O2/c1-28-18-7-10-25(14-18)15-19(27)16-5-11-26(12-6-16)20-4-3-17(13-24-20)21-22-8-2-9-23-21;1-10(2)22-15-6-3-11(8-17-15)16-13-7-12(18-9-21)4-5-14(13)19-20-16/h2-4,8-9,13,16,18H,5-7,10-12,14-15H2,1H3;3-10H,1-2H3,(H,18,21)(H,19,20)/t18-;/m0./s1. The smallest absolute Gasteiger partial charge is 0.213 e. The zero-order valence-electron chi connectivity index (χ0n) is 28.7. The first-order chi connectivity index (χ1) is 24.4. The molecule has 0 radical (unpaired) electrons. The fraction of sp³-hybridized carbons (Fsp3) is 0.378. The second-order valence-electron chi connectivity index (χ2n) is 12.7. The highest BCUT2D eigenvalue weighted by molar-refractivity contribution is 5.95. The van der Waals surface area contributed by atoms with E-state index in [1.807, 2.05) is 62.5 Å². The summed E-state index contributed by atoms with van der Waals surface area (Å²) in [6, 6.07) is 15.1. The summed E-state index contributed by atoms with van der Waals surface area (Å²) in [6.07, 6.45) is 10.8. The van der Waals surface area contributed by atoms with Gasteiger partial charge in [0, 0.05) is 92.3 Å². The topological polar surface area (TPSA) is 151 Å². The maximum atomic E-state index is 12.7. The number of methoxy groups -OCH3 is 1. The second kappa shape index (κ2) is 16.4. The number of piperidine rings is 1. The Morgan fingerprint density at radius 3 is 2.42 bits per heavy atom. The number of hydrogen-bond donors (Lipinski definition) is 2. The van der Waals surface area contributed by atoms with Gasteiger partial charge < -0.3 is 19.7 Å². The number of Topliss-reactive ketones (excluding diaryl/α,β-unsaturated/α-hetero) is 1. The molecule has 260 valence electrons. The molecule has 2 aliphatic rings. The first-order valence-electron chi connectivity index (χ1n) is 17.0. The largest absolute Gasteiger partial charge is 0.475 e. The van der Waals surface area contributed by atoms with E-state index in [2.05, 4.69) is 45.2 Å². The second-order valence-corrected chi connectivity index (χ2v) is 12.7. The molecule has 1 atom stereocenters. The van der Waals surface area contributed by atoms with Crippen LogP contribution in [-0.4, -0.2) is 99.3 Å². The molecule has 0 bridgehead atoms. The Balaban J connectivity index is 0.000000178. The molecule has 2 aliphatic heterocycles. The van der Waals surface area contributed by atoms with E-state index in [1.54, 1.807) is 31.8 Å². The van der Waals surface area contributed by atoms with E-state index in [0.717, 1.165) is 84.7 Å². The lowest BCUT2D eigenvalue weighted by Gasteiger charge is -2.32. The highest BCUT2D eigenvalue weighted by Crippen LogP contribution is 2.29. The van der Waals surface area contributed by atoms with E-state index in [-0.39, 0.29) is 18.1 Å². The zero-order valence-corrected chi connectivity index (χ0v) is 28.7. The Morgan fingerprint density at radius 1 is 0.980 bits per heavy atom. The molecule has 2 saturated heterocycles. The van der Waals surface area contributed by atoms with Crippen molar-refractivity contribution in [2.75, 3.05) is 50.1 Å². The van der Waals surface area contributed by atoms with Gasteiger partial charge in [-0.15, -0.1) is 0 Å². The Labute approximate surface area is 291 Å². The number of carbonyl (C=O) groups excluding carboxylic acids is 2. The lowest BCUT2D eigenvalue weighted by atomic mass is 9.92. The summed E-state index contributed by atoms with van der Waals surface area (Å²) < 4.78 is 10.9. The van der Waals surface area contributed by atoms with Crippen molar-refractivity contribution >= 4 is 34.6 Å². The molecule has 0 saturated carbocycles. The summed E-state index contributed by atoms with van der Waals surface area (Å²) in [6.45, 7) is 8.05. The first kappa shape index (κ1) is 34.6. The average Bonchev–Trinajstić information content (AvgIpc) is 3.79. The minimum atomic E-state index is 0.0848. The van der Waals surface area contributed by atoms with Gasteiger partial charge in [0.05, 0.1) is 24.3 Å². The molecule has 1 aromatic carbocycles. The number of aromatic nitrogens is 6. The van der Waals surface area contributed by atoms with Gasteiger partial charge in [-0.05, 0) is 75.6 Å². The van der Waals surface area contributed by atoms with Crippen LogP contribution in [0.3, 0.4) is 0 Å². The van der Waals surface area contributed by atoms with Crippen molar-refractivity contribution < 1.29 is 19.1 Å². The van der Waals surface area contributed by atoms with Crippen molar-refractivity contribution in [2.45, 2.75) is 45.3 Å². The van der Waals surface area contributed by atoms with Crippen LogP contribution in [0, 0.1) is 5.92 Å². The van der Waals surface area contributed by atoms with Gasteiger partial charge in [-0.25, -0.2) is 19.9 Å². The van der Waals surface area contributed by atoms with E-state index in [9.17, 15) is 9.59 Å². The Hall–Kier alpha value is -5.27. The number of amides is 1. The molecule has 0 unspecified atom stereocenters. The number of H-pyrrole nitrogens is 1. The fourth-order valence-corrected chi connectivity index (χ4v) is 6.29. The molecule has 0 spiro atoms. The molecule has 5 aromatic rings. The average molecular weight is 678 g/mol. The Kier molecular flexibility index (Phi) is 11.4. The molecule has 0 aliphatic carbocycles. The van der Waals surface area contributed by atoms with E-state index < -0.39 is 0 Å². The number of carbonyl (C=O) groups is 2. The molecule has 4 aromatic heterocycles. The lowest BCUT2D eigenvalue weighted by molar-refractivity contribution is -0.124. The van der Waals surface area contributed by atoms with Crippen LogP contribution in [0.4, 0.5) is 11.5 Å². The van der Waals surface area contributed by atoms with Gasteiger partial charge in [-0.2, -0.15) is 5.10 Å². The number of ether oxygens (including phenoxy) is 2.